The van der Waals surface area contributed by atoms with E-state index >= 15 is 0 Å². The second-order valence-electron chi connectivity index (χ2n) is 12.7. The van der Waals surface area contributed by atoms with Crippen molar-refractivity contribution in [3.63, 3.8) is 0 Å². The highest BCUT2D eigenvalue weighted by molar-refractivity contribution is 6.77. The van der Waals surface area contributed by atoms with E-state index < -0.39 is 14.1 Å². The van der Waals surface area contributed by atoms with E-state index in [2.05, 4.69) is 70.1 Å². The van der Waals surface area contributed by atoms with Crippen LogP contribution in [0.15, 0.2) is 12.2 Å². The third-order valence-electron chi connectivity index (χ3n) is 9.31. The highest BCUT2D eigenvalue weighted by atomic mass is 35.5. The Kier molecular flexibility index (Phi) is 14.4. The van der Waals surface area contributed by atoms with Gasteiger partial charge in [0, 0.05) is 25.9 Å². The van der Waals surface area contributed by atoms with Crippen molar-refractivity contribution in [2.75, 3.05) is 39.5 Å². The number of halogens is 1. The van der Waals surface area contributed by atoms with E-state index in [0.717, 1.165) is 84.5 Å². The molecule has 8 nitrogen and oxygen atoms in total. The molecule has 0 aromatic rings. The van der Waals surface area contributed by atoms with Gasteiger partial charge in [-0.2, -0.15) is 0 Å². The molecule has 3 rings (SSSR count). The van der Waals surface area contributed by atoms with Crippen molar-refractivity contribution in [3.8, 4) is 0 Å². The zero-order valence-electron chi connectivity index (χ0n) is 26.4. The summed E-state index contributed by atoms with van der Waals surface area (Å²) in [6.45, 7) is 21.2. The maximum atomic E-state index is 7.05. The number of morpholine rings is 1. The summed E-state index contributed by atoms with van der Waals surface area (Å²) in [5.74, 6) is -0.202. The summed E-state index contributed by atoms with van der Waals surface area (Å²) in [5.41, 5.74) is 14.3. The van der Waals surface area contributed by atoms with Gasteiger partial charge in [0.25, 0.3) is 0 Å². The first-order valence-electron chi connectivity index (χ1n) is 15.7. The number of hydrogen-bond donors (Lipinski definition) is 2. The molecule has 3 atom stereocenters. The molecular formula is C30H59ClN4O4Si. The minimum atomic E-state index is -1.93. The van der Waals surface area contributed by atoms with Gasteiger partial charge in [-0.15, -0.1) is 0 Å². The normalized spacial score (nSPS) is 25.2. The summed E-state index contributed by atoms with van der Waals surface area (Å²) in [6, 6.07) is 0.200. The van der Waals surface area contributed by atoms with Crippen molar-refractivity contribution in [3.05, 3.63) is 12.2 Å². The van der Waals surface area contributed by atoms with Crippen molar-refractivity contribution in [2.45, 2.75) is 134 Å². The van der Waals surface area contributed by atoms with Gasteiger partial charge in [0.1, 0.15) is 6.17 Å². The van der Waals surface area contributed by atoms with Crippen molar-refractivity contribution in [1.29, 1.82) is 0 Å². The molecule has 3 saturated heterocycles. The Balaban J connectivity index is 0.00000560. The molecule has 3 heterocycles. The van der Waals surface area contributed by atoms with Gasteiger partial charge >= 0.3 is 5.96 Å². The second-order valence-corrected chi connectivity index (χ2v) is 18.1. The summed E-state index contributed by atoms with van der Waals surface area (Å²) in [5, 5.41) is 0. The van der Waals surface area contributed by atoms with E-state index in [1.165, 1.54) is 0 Å². The predicted molar refractivity (Wildman–Crippen MR) is 161 cm³/mol. The topological polar surface area (TPSA) is 95.2 Å². The summed E-state index contributed by atoms with van der Waals surface area (Å²) in [6.07, 6.45) is 11.4. The number of ether oxygens (including phenoxy) is 3. The fraction of sp³-hybridized carbons (Fsp3) is 0.900. The molecule has 0 aromatic carbocycles. The van der Waals surface area contributed by atoms with Gasteiger partial charge in [0.05, 0.1) is 38.6 Å². The molecule has 3 fully saturated rings. The maximum Gasteiger partial charge on any atom is 0.342 e. The Morgan fingerprint density at radius 3 is 2.12 bits per heavy atom. The second kappa shape index (κ2) is 16.2. The average molecular weight is 603 g/mol. The van der Waals surface area contributed by atoms with E-state index in [1.807, 2.05) is 0 Å². The molecule has 0 bridgehead atoms. The summed E-state index contributed by atoms with van der Waals surface area (Å²) in [7, 11) is -1.93. The van der Waals surface area contributed by atoms with Crippen molar-refractivity contribution in [1.82, 2.24) is 4.90 Å². The lowest BCUT2D eigenvalue weighted by molar-refractivity contribution is -0.608. The molecule has 0 saturated carbocycles. The van der Waals surface area contributed by atoms with Crippen LogP contribution in [0.5, 0.6) is 0 Å². The Hall–Kier alpha value is -0.683. The number of nitrogens with two attached hydrogens (primary N) is 2. The quantitative estimate of drug-likeness (QED) is 0.144. The zero-order chi connectivity index (χ0) is 28.6. The summed E-state index contributed by atoms with van der Waals surface area (Å²) < 4.78 is 27.7. The molecule has 4 N–H and O–H groups in total. The van der Waals surface area contributed by atoms with Crippen molar-refractivity contribution < 1.29 is 35.6 Å². The Labute approximate surface area is 251 Å². The molecule has 234 valence electrons. The van der Waals surface area contributed by atoms with Crippen LogP contribution in [0.4, 0.5) is 0 Å². The molecule has 1 unspecified atom stereocenters. The third kappa shape index (κ3) is 8.45. The zero-order valence-corrected chi connectivity index (χ0v) is 28.1. The minimum absolute atomic E-state index is 0. The minimum Gasteiger partial charge on any atom is -1.00 e. The highest BCUT2D eigenvalue weighted by Gasteiger charge is 2.47. The van der Waals surface area contributed by atoms with Gasteiger partial charge in [0.2, 0.25) is 8.32 Å². The van der Waals surface area contributed by atoms with Crippen LogP contribution in [0, 0.1) is 0 Å². The molecule has 40 heavy (non-hydrogen) atoms. The van der Waals surface area contributed by atoms with Crippen LogP contribution in [-0.4, -0.2) is 87.4 Å². The fourth-order valence-corrected chi connectivity index (χ4v) is 13.1. The lowest BCUT2D eigenvalue weighted by atomic mass is 9.98. The van der Waals surface area contributed by atoms with E-state index in [1.54, 1.807) is 0 Å². The van der Waals surface area contributed by atoms with Crippen LogP contribution < -0.4 is 23.9 Å². The summed E-state index contributed by atoms with van der Waals surface area (Å²) in [4.78, 5) is 2.46. The smallest absolute Gasteiger partial charge is 0.342 e. The summed E-state index contributed by atoms with van der Waals surface area (Å²) >= 11 is 0. The first kappa shape index (κ1) is 35.5. The van der Waals surface area contributed by atoms with E-state index in [0.29, 0.717) is 22.6 Å². The number of rotatable bonds is 13. The monoisotopic (exact) mass is 602 g/mol. The lowest BCUT2D eigenvalue weighted by Gasteiger charge is -2.44. The number of allylic oxidation sites excluding steroid dienone is 1. The van der Waals surface area contributed by atoms with Gasteiger partial charge in [-0.3, -0.25) is 16.4 Å². The molecule has 3 aliphatic heterocycles. The maximum absolute atomic E-state index is 7.05. The van der Waals surface area contributed by atoms with Gasteiger partial charge in [-0.05, 0) is 48.7 Å². The molecular weight excluding hydrogens is 544 g/mol. The molecule has 0 aromatic heterocycles. The molecule has 0 radical (unpaired) electrons. The van der Waals surface area contributed by atoms with E-state index in [-0.39, 0.29) is 30.7 Å². The average Bonchev–Trinajstić information content (AvgIpc) is 3.32. The largest absolute Gasteiger partial charge is 1.00 e. The SMILES string of the molecule is CC[C@@H](/C=C\CCC1(C[C@@H]2CCC(N3CCOCC3)[N+]2=C(N)N)OCCCO1)O[Si](C(C)C)(C(C)C)C(C)C.[Cl-]. The van der Waals surface area contributed by atoms with Crippen LogP contribution in [-0.2, 0) is 18.6 Å². The van der Waals surface area contributed by atoms with Gasteiger partial charge in [0.15, 0.2) is 5.79 Å². The molecule has 0 aliphatic carbocycles. The molecule has 10 heteroatoms. The van der Waals surface area contributed by atoms with Gasteiger partial charge in [-0.1, -0.05) is 60.6 Å². The van der Waals surface area contributed by atoms with Crippen LogP contribution in [0.2, 0.25) is 16.6 Å². The molecule has 3 aliphatic rings. The van der Waals surface area contributed by atoms with E-state index in [4.69, 9.17) is 30.1 Å². The van der Waals surface area contributed by atoms with Crippen LogP contribution in [0.3, 0.4) is 0 Å². The van der Waals surface area contributed by atoms with Crippen LogP contribution in [0.1, 0.15) is 93.4 Å². The third-order valence-corrected chi connectivity index (χ3v) is 15.4. The number of nitrogens with zero attached hydrogens (tertiary/aromatic N) is 2. The number of guanidine groups is 1. The van der Waals surface area contributed by atoms with E-state index in [9.17, 15) is 0 Å². The fourth-order valence-electron chi connectivity index (χ4n) is 7.50. The van der Waals surface area contributed by atoms with Crippen LogP contribution >= 0.6 is 0 Å². The Morgan fingerprint density at radius 1 is 1.00 bits per heavy atom. The Bertz CT molecular complexity index is 788. The van der Waals surface area contributed by atoms with Crippen molar-refractivity contribution >= 4 is 14.3 Å². The Morgan fingerprint density at radius 2 is 1.60 bits per heavy atom. The van der Waals surface area contributed by atoms with Gasteiger partial charge < -0.3 is 31.0 Å². The highest BCUT2D eigenvalue weighted by Crippen LogP contribution is 2.43. The number of hydrogen-bond acceptors (Lipinski definition) is 5. The van der Waals surface area contributed by atoms with Crippen LogP contribution in [0.25, 0.3) is 0 Å². The first-order chi connectivity index (χ1) is 18.6. The first-order valence-corrected chi connectivity index (χ1v) is 17.8. The van der Waals surface area contributed by atoms with Gasteiger partial charge in [-0.25, -0.2) is 4.58 Å². The molecule has 0 amide bonds. The standard InChI is InChI=1S/C30H58N4O4Si.ClH/c1-8-27(38-39(23(2)3,24(4)5)25(6)7)12-9-10-15-30(36-18-11-19-37-30)22-26-13-14-28(34(26)29(31)32)33-16-20-35-21-17-33;/h9,12,23-28H,8,10-11,13-22H2,1-7H3,(H3,31,32);1H/b12-9-;/t26-,27-,28?;/m0./s1. The molecule has 0 spiro atoms. The predicted octanol–water partition coefficient (Wildman–Crippen LogP) is 1.93. The van der Waals surface area contributed by atoms with Crippen molar-refractivity contribution in [2.24, 2.45) is 11.5 Å². The lowest BCUT2D eigenvalue weighted by Crippen LogP contribution is -3.00.